The van der Waals surface area contributed by atoms with E-state index in [4.69, 9.17) is 11.6 Å². The van der Waals surface area contributed by atoms with E-state index < -0.39 is 0 Å². The summed E-state index contributed by atoms with van der Waals surface area (Å²) in [7, 11) is 0. The van der Waals surface area contributed by atoms with Crippen LogP contribution in [0.3, 0.4) is 0 Å². The molecule has 0 heterocycles. The van der Waals surface area contributed by atoms with Gasteiger partial charge in [-0.25, -0.2) is 0 Å². The molecule has 0 atom stereocenters. The molecule has 0 aromatic heterocycles. The van der Waals surface area contributed by atoms with Crippen LogP contribution in [0.1, 0.15) is 52.0 Å². The molecule has 0 bridgehead atoms. The van der Waals surface area contributed by atoms with Gasteiger partial charge in [-0.2, -0.15) is 0 Å². The minimum atomic E-state index is 0.180. The second kappa shape index (κ2) is 6.37. The molecule has 0 unspecified atom stereocenters. The molecule has 0 aliphatic heterocycles. The van der Waals surface area contributed by atoms with E-state index in [1.807, 2.05) is 6.07 Å². The van der Waals surface area contributed by atoms with Crippen LogP contribution >= 0.6 is 27.5 Å². The third kappa shape index (κ3) is 4.47. The fraction of sp³-hybridized carbons (Fsp3) is 0.647. The maximum Gasteiger partial charge on any atom is 0.0449 e. The summed E-state index contributed by atoms with van der Waals surface area (Å²) in [5.41, 5.74) is 1.84. The van der Waals surface area contributed by atoms with Gasteiger partial charge in [0, 0.05) is 21.6 Å². The third-order valence-electron chi connectivity index (χ3n) is 4.24. The van der Waals surface area contributed by atoms with Crippen molar-refractivity contribution >= 4 is 27.5 Å². The van der Waals surface area contributed by atoms with Gasteiger partial charge in [0.15, 0.2) is 0 Å². The molecule has 2 rings (SSSR count). The minimum absolute atomic E-state index is 0.180. The zero-order valence-corrected chi connectivity index (χ0v) is 15.1. The van der Waals surface area contributed by atoms with Gasteiger partial charge in [0.25, 0.3) is 0 Å². The molecule has 0 radical (unpaired) electrons. The van der Waals surface area contributed by atoms with Crippen molar-refractivity contribution in [3.8, 4) is 0 Å². The number of rotatable bonds is 4. The second-order valence-corrected chi connectivity index (χ2v) is 8.55. The molecule has 0 spiro atoms. The first kappa shape index (κ1) is 16.3. The zero-order chi connectivity index (χ0) is 14.8. The topological polar surface area (TPSA) is 12.0 Å². The minimum Gasteiger partial charge on any atom is -0.312 e. The molecule has 1 aliphatic carbocycles. The van der Waals surface area contributed by atoms with E-state index in [-0.39, 0.29) is 5.54 Å². The first-order chi connectivity index (χ1) is 9.30. The Labute approximate surface area is 136 Å². The molecule has 1 aliphatic rings. The van der Waals surface area contributed by atoms with E-state index in [1.165, 1.54) is 31.2 Å². The Morgan fingerprint density at radius 2 is 1.90 bits per heavy atom. The number of halogens is 2. The Morgan fingerprint density at radius 1 is 1.25 bits per heavy atom. The summed E-state index contributed by atoms with van der Waals surface area (Å²) in [5, 5.41) is 4.59. The Kier molecular flexibility index (Phi) is 5.20. The van der Waals surface area contributed by atoms with Crippen molar-refractivity contribution in [3.05, 3.63) is 33.3 Å². The monoisotopic (exact) mass is 357 g/mol. The molecule has 0 saturated heterocycles. The highest BCUT2D eigenvalue weighted by Gasteiger charge is 2.35. The van der Waals surface area contributed by atoms with E-state index in [2.05, 4.69) is 54.2 Å². The van der Waals surface area contributed by atoms with Gasteiger partial charge in [0.2, 0.25) is 0 Å². The predicted octanol–water partition coefficient (Wildman–Crippen LogP) is 5.59. The maximum atomic E-state index is 6.41. The highest BCUT2D eigenvalue weighted by molar-refractivity contribution is 9.10. The second-order valence-electron chi connectivity index (χ2n) is 7.22. The summed E-state index contributed by atoms with van der Waals surface area (Å²) in [6.45, 7) is 7.80. The molecule has 0 amide bonds. The lowest BCUT2D eigenvalue weighted by Crippen LogP contribution is -2.44. The van der Waals surface area contributed by atoms with Gasteiger partial charge in [-0.1, -0.05) is 46.4 Å². The molecule has 3 heteroatoms. The van der Waals surface area contributed by atoms with Gasteiger partial charge in [-0.3, -0.25) is 0 Å². The van der Waals surface area contributed by atoms with Gasteiger partial charge in [-0.15, -0.1) is 0 Å². The van der Waals surface area contributed by atoms with Gasteiger partial charge in [0.05, 0.1) is 0 Å². The van der Waals surface area contributed by atoms with Gasteiger partial charge < -0.3 is 5.32 Å². The van der Waals surface area contributed by atoms with Gasteiger partial charge in [0.1, 0.15) is 0 Å². The lowest BCUT2D eigenvalue weighted by atomic mass is 9.79. The summed E-state index contributed by atoms with van der Waals surface area (Å²) in [4.78, 5) is 0. The van der Waals surface area contributed by atoms with Crippen molar-refractivity contribution in [2.75, 3.05) is 6.54 Å². The van der Waals surface area contributed by atoms with Crippen molar-refractivity contribution < 1.29 is 0 Å². The molecule has 1 saturated carbocycles. The molecule has 1 aromatic rings. The Morgan fingerprint density at radius 3 is 2.45 bits per heavy atom. The highest BCUT2D eigenvalue weighted by Crippen LogP contribution is 2.42. The van der Waals surface area contributed by atoms with Crippen LogP contribution in [0.15, 0.2) is 22.7 Å². The van der Waals surface area contributed by atoms with Crippen LogP contribution in [0.25, 0.3) is 0 Å². The van der Waals surface area contributed by atoms with Crippen LogP contribution in [0, 0.1) is 5.41 Å². The standard InChI is InChI=1S/C17H25BrClN/c1-16(2,3)20-12-17(8-4-5-9-17)11-13-6-7-14(18)10-15(13)19/h6-7,10,20H,4-5,8-9,11-12H2,1-3H3. The molecule has 112 valence electrons. The third-order valence-corrected chi connectivity index (χ3v) is 5.08. The SMILES string of the molecule is CC(C)(C)NCC1(Cc2ccc(Br)cc2Cl)CCCC1. The fourth-order valence-electron chi connectivity index (χ4n) is 3.06. The van der Waals surface area contributed by atoms with Crippen LogP contribution in [-0.4, -0.2) is 12.1 Å². The maximum absolute atomic E-state index is 6.41. The number of nitrogens with one attached hydrogen (secondary N) is 1. The Hall–Kier alpha value is -0.0500. The van der Waals surface area contributed by atoms with Crippen molar-refractivity contribution in [1.29, 1.82) is 0 Å². The molecule has 1 N–H and O–H groups in total. The number of hydrogen-bond acceptors (Lipinski definition) is 1. The zero-order valence-electron chi connectivity index (χ0n) is 12.7. The first-order valence-electron chi connectivity index (χ1n) is 7.49. The van der Waals surface area contributed by atoms with Crippen LogP contribution in [0.5, 0.6) is 0 Å². The summed E-state index contributed by atoms with van der Waals surface area (Å²) >= 11 is 9.89. The van der Waals surface area contributed by atoms with Crippen LogP contribution in [-0.2, 0) is 6.42 Å². The van der Waals surface area contributed by atoms with Gasteiger partial charge >= 0.3 is 0 Å². The molecular weight excluding hydrogens is 334 g/mol. The van der Waals surface area contributed by atoms with Crippen LogP contribution in [0.4, 0.5) is 0 Å². The van der Waals surface area contributed by atoms with E-state index in [0.29, 0.717) is 5.41 Å². The molecule has 1 nitrogen and oxygen atoms in total. The smallest absolute Gasteiger partial charge is 0.0449 e. The lowest BCUT2D eigenvalue weighted by molar-refractivity contribution is 0.245. The summed E-state index contributed by atoms with van der Waals surface area (Å²) in [6.07, 6.45) is 6.40. The van der Waals surface area contributed by atoms with Crippen LogP contribution < -0.4 is 5.32 Å². The number of hydrogen-bond donors (Lipinski definition) is 1. The van der Waals surface area contributed by atoms with Crippen molar-refractivity contribution in [3.63, 3.8) is 0 Å². The summed E-state index contributed by atoms with van der Waals surface area (Å²) in [6, 6.07) is 6.28. The average Bonchev–Trinajstić information content (AvgIpc) is 2.79. The van der Waals surface area contributed by atoms with Crippen molar-refractivity contribution in [2.45, 2.75) is 58.4 Å². The van der Waals surface area contributed by atoms with Gasteiger partial charge in [-0.05, 0) is 63.1 Å². The predicted molar refractivity (Wildman–Crippen MR) is 91.5 cm³/mol. The fourth-order valence-corrected chi connectivity index (χ4v) is 3.80. The Bertz CT molecular complexity index is 459. The number of benzene rings is 1. The molecular formula is C17H25BrClN. The molecule has 1 aromatic carbocycles. The normalized spacial score (nSPS) is 18.4. The van der Waals surface area contributed by atoms with E-state index in [1.54, 1.807) is 0 Å². The summed E-state index contributed by atoms with van der Waals surface area (Å²) < 4.78 is 1.06. The van der Waals surface area contributed by atoms with E-state index in [9.17, 15) is 0 Å². The average molecular weight is 359 g/mol. The van der Waals surface area contributed by atoms with E-state index in [0.717, 1.165) is 22.5 Å². The molecule has 20 heavy (non-hydrogen) atoms. The quantitative estimate of drug-likeness (QED) is 0.739. The molecule has 1 fully saturated rings. The Balaban J connectivity index is 2.12. The van der Waals surface area contributed by atoms with E-state index >= 15 is 0 Å². The lowest BCUT2D eigenvalue weighted by Gasteiger charge is -2.34. The van der Waals surface area contributed by atoms with Crippen LogP contribution in [0.2, 0.25) is 5.02 Å². The highest BCUT2D eigenvalue weighted by atomic mass is 79.9. The van der Waals surface area contributed by atoms with Crippen molar-refractivity contribution in [2.24, 2.45) is 5.41 Å². The largest absolute Gasteiger partial charge is 0.312 e. The summed E-state index contributed by atoms with van der Waals surface area (Å²) in [5.74, 6) is 0. The first-order valence-corrected chi connectivity index (χ1v) is 8.66. The van der Waals surface area contributed by atoms with Crippen molar-refractivity contribution in [1.82, 2.24) is 5.32 Å².